The molecule has 1 N–H and O–H groups in total. The summed E-state index contributed by atoms with van der Waals surface area (Å²) in [6, 6.07) is 5.70. The first-order valence-electron chi connectivity index (χ1n) is 11.3. The summed E-state index contributed by atoms with van der Waals surface area (Å²) in [6.45, 7) is 5.15. The third-order valence-corrected chi connectivity index (χ3v) is 5.47. The number of oxazole rings is 1. The molecule has 0 saturated heterocycles. The van der Waals surface area contributed by atoms with E-state index in [9.17, 15) is 18.0 Å². The first-order valence-corrected chi connectivity index (χ1v) is 11.7. The van der Waals surface area contributed by atoms with Crippen molar-refractivity contribution in [2.75, 3.05) is 13.2 Å². The highest BCUT2D eigenvalue weighted by Crippen LogP contribution is 2.38. The largest absolute Gasteiger partial charge is 0.481 e. The molecule has 2 heterocycles. The van der Waals surface area contributed by atoms with E-state index in [0.717, 1.165) is 18.2 Å². The van der Waals surface area contributed by atoms with E-state index in [1.165, 1.54) is 0 Å². The molecule has 4 aromatic rings. The number of carbonyl (C=O) groups is 1. The Balaban J connectivity index is 1.74. The average molecular weight is 552 g/mol. The monoisotopic (exact) mass is 551 g/mol. The number of carboxylic acid groups (broad SMARTS) is 1. The average Bonchev–Trinajstić information content (AvgIpc) is 3.27. The number of aryl methyl sites for hydroxylation is 2. The summed E-state index contributed by atoms with van der Waals surface area (Å²) in [7, 11) is 0. The topological polar surface area (TPSA) is 117 Å². The quantitative estimate of drug-likeness (QED) is 0.245. The van der Waals surface area contributed by atoms with Crippen LogP contribution in [0.25, 0.3) is 22.7 Å². The van der Waals surface area contributed by atoms with Gasteiger partial charge in [0.05, 0.1) is 17.2 Å². The Morgan fingerprint density at radius 3 is 2.42 bits per heavy atom. The number of fused-ring (bicyclic) bond motifs is 1. The second-order valence-electron chi connectivity index (χ2n) is 8.20. The van der Waals surface area contributed by atoms with Crippen molar-refractivity contribution >= 4 is 28.8 Å². The molecule has 0 radical (unpaired) electrons. The van der Waals surface area contributed by atoms with Crippen molar-refractivity contribution in [3.8, 4) is 34.8 Å². The summed E-state index contributed by atoms with van der Waals surface area (Å²) < 4.78 is 61.9. The van der Waals surface area contributed by atoms with Crippen LogP contribution in [0.15, 0.2) is 34.7 Å². The van der Waals surface area contributed by atoms with Crippen LogP contribution < -0.4 is 14.2 Å². The molecule has 0 aliphatic rings. The lowest BCUT2D eigenvalue weighted by Gasteiger charge is -2.11. The van der Waals surface area contributed by atoms with Crippen molar-refractivity contribution in [3.05, 3.63) is 52.0 Å². The molecule has 2 aromatic heterocycles. The maximum Gasteiger partial charge on any atom is 0.416 e. The summed E-state index contributed by atoms with van der Waals surface area (Å²) >= 11 is 6.05. The summed E-state index contributed by atoms with van der Waals surface area (Å²) in [5, 5.41) is 8.82. The number of carboxylic acids is 1. The predicted molar refractivity (Wildman–Crippen MR) is 130 cm³/mol. The fourth-order valence-corrected chi connectivity index (χ4v) is 3.70. The minimum Gasteiger partial charge on any atom is -0.481 e. The van der Waals surface area contributed by atoms with Crippen LogP contribution in [-0.2, 0) is 11.0 Å². The Hall–Kier alpha value is -4.06. The van der Waals surface area contributed by atoms with Gasteiger partial charge in [0.15, 0.2) is 12.1 Å². The number of rotatable bonds is 9. The van der Waals surface area contributed by atoms with Gasteiger partial charge < -0.3 is 23.7 Å². The lowest BCUT2D eigenvalue weighted by molar-refractivity contribution is -0.139. The Labute approximate surface area is 219 Å². The van der Waals surface area contributed by atoms with Gasteiger partial charge in [-0.25, -0.2) is 9.78 Å². The molecule has 0 aliphatic heterocycles. The molecule has 0 bridgehead atoms. The smallest absolute Gasteiger partial charge is 0.416 e. The van der Waals surface area contributed by atoms with Crippen LogP contribution >= 0.6 is 11.6 Å². The first-order chi connectivity index (χ1) is 18.0. The van der Waals surface area contributed by atoms with Crippen molar-refractivity contribution in [3.63, 3.8) is 0 Å². The number of benzene rings is 2. The lowest BCUT2D eigenvalue weighted by atomic mass is 10.1. The molecule has 0 amide bonds. The Morgan fingerprint density at radius 1 is 1.08 bits per heavy atom. The lowest BCUT2D eigenvalue weighted by Crippen LogP contribution is -2.10. The number of aromatic nitrogens is 3. The zero-order chi connectivity index (χ0) is 27.6. The molecule has 0 aliphatic carbocycles. The van der Waals surface area contributed by atoms with Crippen LogP contribution in [0.2, 0.25) is 5.02 Å². The van der Waals surface area contributed by atoms with Gasteiger partial charge in [0.1, 0.15) is 11.5 Å². The highest BCUT2D eigenvalue weighted by Gasteiger charge is 2.31. The standard InChI is InChI=1S/C25H21ClF3N3O6/c1-4-7-35-22-19-23(32-24(31-22)37-17-10-15(25(27,28)29)5-6-16(17)26)38-21(30-19)14-8-12(2)20(13(3)9-14)36-11-18(33)34/h5-6,8-10H,4,7,11H2,1-3H3,(H,33,34). The summed E-state index contributed by atoms with van der Waals surface area (Å²) in [5.74, 6) is -0.812. The van der Waals surface area contributed by atoms with Gasteiger partial charge >= 0.3 is 18.2 Å². The molecule has 200 valence electrons. The van der Waals surface area contributed by atoms with E-state index in [0.29, 0.717) is 28.9 Å². The van der Waals surface area contributed by atoms with Crippen molar-refractivity contribution in [2.24, 2.45) is 0 Å². The van der Waals surface area contributed by atoms with Crippen LogP contribution in [0.4, 0.5) is 13.2 Å². The van der Waals surface area contributed by atoms with Crippen molar-refractivity contribution in [1.29, 1.82) is 0 Å². The highest BCUT2D eigenvalue weighted by atomic mass is 35.5. The minimum absolute atomic E-state index is 0.0137. The SMILES string of the molecule is CCCOc1nc(Oc2cc(C(F)(F)F)ccc2Cl)nc2oc(-c3cc(C)c(OCC(=O)O)c(C)c3)nc12. The zero-order valence-electron chi connectivity index (χ0n) is 20.4. The van der Waals surface area contributed by atoms with E-state index in [1.54, 1.807) is 26.0 Å². The maximum absolute atomic E-state index is 13.2. The van der Waals surface area contributed by atoms with Crippen LogP contribution in [0.3, 0.4) is 0 Å². The number of hydrogen-bond donors (Lipinski definition) is 1. The normalized spacial score (nSPS) is 11.6. The van der Waals surface area contributed by atoms with Gasteiger partial charge in [-0.1, -0.05) is 18.5 Å². The molecule has 0 atom stereocenters. The molecular weight excluding hydrogens is 531 g/mol. The molecule has 13 heteroatoms. The second-order valence-corrected chi connectivity index (χ2v) is 8.61. The Morgan fingerprint density at radius 2 is 1.79 bits per heavy atom. The fraction of sp³-hybridized carbons (Fsp3) is 0.280. The van der Waals surface area contributed by atoms with E-state index in [-0.39, 0.29) is 46.4 Å². The van der Waals surface area contributed by atoms with E-state index in [1.807, 2.05) is 6.92 Å². The molecule has 38 heavy (non-hydrogen) atoms. The maximum atomic E-state index is 13.2. The number of alkyl halides is 3. The number of ether oxygens (including phenoxy) is 3. The van der Waals surface area contributed by atoms with E-state index in [2.05, 4.69) is 15.0 Å². The van der Waals surface area contributed by atoms with Gasteiger partial charge in [-0.3, -0.25) is 0 Å². The molecule has 0 spiro atoms. The van der Waals surface area contributed by atoms with Gasteiger partial charge in [0.2, 0.25) is 5.89 Å². The number of nitrogens with zero attached hydrogens (tertiary/aromatic N) is 3. The zero-order valence-corrected chi connectivity index (χ0v) is 21.1. The molecule has 0 fully saturated rings. The number of halogens is 4. The van der Waals surface area contributed by atoms with Gasteiger partial charge in [0, 0.05) is 5.56 Å². The van der Waals surface area contributed by atoms with Gasteiger partial charge in [-0.15, -0.1) is 0 Å². The third-order valence-electron chi connectivity index (χ3n) is 5.16. The first kappa shape index (κ1) is 27.0. The van der Waals surface area contributed by atoms with E-state index in [4.69, 9.17) is 35.3 Å². The molecule has 9 nitrogen and oxygen atoms in total. The molecule has 2 aromatic carbocycles. The van der Waals surface area contributed by atoms with E-state index >= 15 is 0 Å². The van der Waals surface area contributed by atoms with Crippen LogP contribution in [0, 0.1) is 13.8 Å². The minimum atomic E-state index is -4.60. The second kappa shape index (κ2) is 10.7. The van der Waals surface area contributed by atoms with Gasteiger partial charge in [0.25, 0.3) is 11.6 Å². The molecule has 0 saturated carbocycles. The van der Waals surface area contributed by atoms with Gasteiger partial charge in [-0.2, -0.15) is 23.1 Å². The van der Waals surface area contributed by atoms with Crippen molar-refractivity contribution in [2.45, 2.75) is 33.4 Å². The Kier molecular flexibility index (Phi) is 7.63. The fourth-order valence-electron chi connectivity index (χ4n) is 3.54. The number of hydrogen-bond acceptors (Lipinski definition) is 8. The highest BCUT2D eigenvalue weighted by molar-refractivity contribution is 6.32. The van der Waals surface area contributed by atoms with Gasteiger partial charge in [-0.05, 0) is 61.7 Å². The summed E-state index contributed by atoms with van der Waals surface area (Å²) in [5.41, 5.74) is 1.05. The Bertz CT molecular complexity index is 1480. The number of aliphatic carboxylic acids is 1. The molecule has 0 unspecified atom stereocenters. The molecule has 4 rings (SSSR count). The third kappa shape index (κ3) is 5.91. The van der Waals surface area contributed by atoms with Crippen molar-refractivity contribution in [1.82, 2.24) is 15.0 Å². The molecular formula is C25H21ClF3N3O6. The van der Waals surface area contributed by atoms with Crippen LogP contribution in [0.1, 0.15) is 30.0 Å². The van der Waals surface area contributed by atoms with Crippen LogP contribution in [-0.4, -0.2) is 39.2 Å². The van der Waals surface area contributed by atoms with Crippen molar-refractivity contribution < 1.29 is 41.7 Å². The summed E-state index contributed by atoms with van der Waals surface area (Å²) in [6.07, 6.45) is -3.96. The summed E-state index contributed by atoms with van der Waals surface area (Å²) in [4.78, 5) is 23.6. The predicted octanol–water partition coefficient (Wildman–Crippen LogP) is 6.62. The van der Waals surface area contributed by atoms with Crippen LogP contribution in [0.5, 0.6) is 23.4 Å². The van der Waals surface area contributed by atoms with E-state index < -0.39 is 24.3 Å².